The van der Waals surface area contributed by atoms with E-state index in [-0.39, 0.29) is 16.8 Å². The van der Waals surface area contributed by atoms with Crippen molar-refractivity contribution in [1.29, 1.82) is 0 Å². The number of hydrogen-bond donors (Lipinski definition) is 2. The molecular formula is C20H20N6O2S. The zero-order valence-electron chi connectivity index (χ0n) is 15.9. The van der Waals surface area contributed by atoms with Crippen LogP contribution >= 0.6 is 0 Å². The summed E-state index contributed by atoms with van der Waals surface area (Å²) in [5.74, 6) is 0.352. The molecule has 3 heterocycles. The first-order valence-corrected chi connectivity index (χ1v) is 10.5. The highest BCUT2D eigenvalue weighted by molar-refractivity contribution is 7.92. The van der Waals surface area contributed by atoms with Gasteiger partial charge in [-0.25, -0.2) is 12.9 Å². The van der Waals surface area contributed by atoms with Crippen molar-refractivity contribution in [2.24, 2.45) is 0 Å². The molecule has 3 aromatic heterocycles. The van der Waals surface area contributed by atoms with Crippen LogP contribution in [0, 0.1) is 0 Å². The topological polar surface area (TPSA) is 115 Å². The van der Waals surface area contributed by atoms with Crippen LogP contribution in [-0.2, 0) is 10.0 Å². The number of aromatic nitrogens is 4. The van der Waals surface area contributed by atoms with E-state index in [9.17, 15) is 8.42 Å². The fourth-order valence-electron chi connectivity index (χ4n) is 3.09. The number of anilines is 2. The molecule has 0 aliphatic carbocycles. The van der Waals surface area contributed by atoms with Gasteiger partial charge < -0.3 is 5.73 Å². The largest absolute Gasteiger partial charge is 0.366 e. The van der Waals surface area contributed by atoms with E-state index in [1.54, 1.807) is 41.2 Å². The van der Waals surface area contributed by atoms with Crippen molar-refractivity contribution in [3.63, 3.8) is 0 Å². The van der Waals surface area contributed by atoms with E-state index in [0.717, 1.165) is 11.1 Å². The monoisotopic (exact) mass is 408 g/mol. The second-order valence-electron chi connectivity index (χ2n) is 6.95. The highest BCUT2D eigenvalue weighted by Crippen LogP contribution is 2.27. The number of nitrogens with two attached hydrogens (primary N) is 1. The Morgan fingerprint density at radius 3 is 2.66 bits per heavy atom. The van der Waals surface area contributed by atoms with Gasteiger partial charge in [0.2, 0.25) is 5.95 Å². The lowest BCUT2D eigenvalue weighted by atomic mass is 10.0. The van der Waals surface area contributed by atoms with Gasteiger partial charge >= 0.3 is 0 Å². The first-order valence-electron chi connectivity index (χ1n) is 9.02. The zero-order valence-corrected chi connectivity index (χ0v) is 16.8. The SMILES string of the molecule is CC(C)c1ccccc1NS(=O)(=O)c1cncc(-c2ccc3nc(N)nn3c2)c1. The molecule has 8 nitrogen and oxygen atoms in total. The summed E-state index contributed by atoms with van der Waals surface area (Å²) >= 11 is 0. The average molecular weight is 408 g/mol. The van der Waals surface area contributed by atoms with Crippen LogP contribution in [0.2, 0.25) is 0 Å². The third-order valence-electron chi connectivity index (χ3n) is 4.53. The third-order valence-corrected chi connectivity index (χ3v) is 5.86. The minimum atomic E-state index is -3.81. The normalized spacial score (nSPS) is 11.8. The van der Waals surface area contributed by atoms with E-state index < -0.39 is 10.0 Å². The Bertz CT molecular complexity index is 1300. The Kier molecular flexibility index (Phi) is 4.67. The number of rotatable bonds is 5. The summed E-state index contributed by atoms with van der Waals surface area (Å²) < 4.78 is 30.2. The van der Waals surface area contributed by atoms with E-state index in [1.807, 2.05) is 32.0 Å². The Morgan fingerprint density at radius 2 is 1.86 bits per heavy atom. The average Bonchev–Trinajstić information content (AvgIpc) is 3.07. The smallest absolute Gasteiger partial charge is 0.263 e. The second-order valence-corrected chi connectivity index (χ2v) is 8.63. The lowest BCUT2D eigenvalue weighted by Gasteiger charge is -2.15. The molecule has 0 saturated carbocycles. The summed E-state index contributed by atoms with van der Waals surface area (Å²) in [4.78, 5) is 8.28. The number of nitrogens with zero attached hydrogens (tertiary/aromatic N) is 4. The number of fused-ring (bicyclic) bond motifs is 1. The molecule has 0 spiro atoms. The molecule has 9 heteroatoms. The maximum Gasteiger partial charge on any atom is 0.263 e. The fourth-order valence-corrected chi connectivity index (χ4v) is 4.17. The summed E-state index contributed by atoms with van der Waals surface area (Å²) in [6, 6.07) is 12.5. The van der Waals surface area contributed by atoms with E-state index in [1.165, 1.54) is 6.20 Å². The van der Waals surface area contributed by atoms with Crippen molar-refractivity contribution in [3.8, 4) is 11.1 Å². The summed E-state index contributed by atoms with van der Waals surface area (Å²) in [6.07, 6.45) is 4.66. The van der Waals surface area contributed by atoms with Crippen LogP contribution in [0.3, 0.4) is 0 Å². The standard InChI is InChI=1S/C20H20N6O2S/c1-13(2)17-5-3-4-6-18(17)25-29(27,28)16-9-15(10-22-11-16)14-7-8-19-23-20(21)24-26(19)12-14/h3-13,25H,1-2H3,(H2,21,24). The van der Waals surface area contributed by atoms with Crippen LogP contribution in [0.15, 0.2) is 66.0 Å². The predicted octanol–water partition coefficient (Wildman–Crippen LogP) is 3.30. The Balaban J connectivity index is 1.70. The molecule has 0 radical (unpaired) electrons. The molecule has 0 aliphatic rings. The van der Waals surface area contributed by atoms with Gasteiger partial charge in [-0.15, -0.1) is 5.10 Å². The molecule has 0 saturated heterocycles. The van der Waals surface area contributed by atoms with E-state index in [0.29, 0.717) is 16.9 Å². The quantitative estimate of drug-likeness (QED) is 0.523. The molecule has 0 bridgehead atoms. The summed E-state index contributed by atoms with van der Waals surface area (Å²) in [5, 5.41) is 4.08. The minimum Gasteiger partial charge on any atom is -0.366 e. The van der Waals surface area contributed by atoms with Crippen molar-refractivity contribution in [2.75, 3.05) is 10.5 Å². The number of benzene rings is 1. The lowest BCUT2D eigenvalue weighted by Crippen LogP contribution is -2.15. The van der Waals surface area contributed by atoms with E-state index in [2.05, 4.69) is 19.8 Å². The van der Waals surface area contributed by atoms with E-state index >= 15 is 0 Å². The van der Waals surface area contributed by atoms with Gasteiger partial charge in [0, 0.05) is 29.7 Å². The molecule has 3 N–H and O–H groups in total. The summed E-state index contributed by atoms with van der Waals surface area (Å²) in [5.41, 5.74) is 9.10. The number of hydrogen-bond acceptors (Lipinski definition) is 6. The second kappa shape index (κ2) is 7.17. The molecule has 0 atom stereocenters. The third kappa shape index (κ3) is 3.77. The van der Waals surface area contributed by atoms with Gasteiger partial charge in [0.15, 0.2) is 5.65 Å². The van der Waals surface area contributed by atoms with Crippen molar-refractivity contribution in [2.45, 2.75) is 24.7 Å². The van der Waals surface area contributed by atoms with Gasteiger partial charge in [0.05, 0.1) is 5.69 Å². The first-order chi connectivity index (χ1) is 13.8. The molecule has 0 amide bonds. The molecule has 0 unspecified atom stereocenters. The van der Waals surface area contributed by atoms with Crippen LogP contribution in [0.5, 0.6) is 0 Å². The van der Waals surface area contributed by atoms with Crippen molar-refractivity contribution in [3.05, 3.63) is 66.6 Å². The first kappa shape index (κ1) is 18.9. The number of para-hydroxylation sites is 1. The van der Waals surface area contributed by atoms with Crippen LogP contribution in [0.4, 0.5) is 11.6 Å². The molecule has 4 aromatic rings. The van der Waals surface area contributed by atoms with Crippen molar-refractivity contribution >= 4 is 27.3 Å². The van der Waals surface area contributed by atoms with Gasteiger partial charge in [0.1, 0.15) is 4.90 Å². The van der Waals surface area contributed by atoms with Crippen molar-refractivity contribution in [1.82, 2.24) is 19.6 Å². The molecule has 148 valence electrons. The fraction of sp³-hybridized carbons (Fsp3) is 0.150. The maximum absolute atomic E-state index is 13.0. The molecule has 0 fully saturated rings. The van der Waals surface area contributed by atoms with Crippen LogP contribution in [0.1, 0.15) is 25.3 Å². The molecule has 0 aliphatic heterocycles. The van der Waals surface area contributed by atoms with Crippen molar-refractivity contribution < 1.29 is 8.42 Å². The molecule has 1 aromatic carbocycles. The van der Waals surface area contributed by atoms with Gasteiger partial charge in [-0.2, -0.15) is 4.98 Å². The Labute approximate surface area is 168 Å². The number of nitrogen functional groups attached to an aromatic ring is 1. The van der Waals surface area contributed by atoms with Gasteiger partial charge in [0.25, 0.3) is 10.0 Å². The number of sulfonamides is 1. The summed E-state index contributed by atoms with van der Waals surface area (Å²) in [6.45, 7) is 4.03. The zero-order chi connectivity index (χ0) is 20.6. The lowest BCUT2D eigenvalue weighted by molar-refractivity contribution is 0.600. The molecule has 29 heavy (non-hydrogen) atoms. The van der Waals surface area contributed by atoms with Crippen LogP contribution < -0.4 is 10.5 Å². The predicted molar refractivity (Wildman–Crippen MR) is 112 cm³/mol. The molecule has 4 rings (SSSR count). The van der Waals surface area contributed by atoms with Crippen LogP contribution in [-0.4, -0.2) is 28.0 Å². The Morgan fingerprint density at radius 1 is 1.07 bits per heavy atom. The van der Waals surface area contributed by atoms with Gasteiger partial charge in [-0.1, -0.05) is 32.0 Å². The highest BCUT2D eigenvalue weighted by Gasteiger charge is 2.18. The number of pyridine rings is 2. The number of nitrogens with one attached hydrogen (secondary N) is 1. The minimum absolute atomic E-state index is 0.0757. The Hall–Kier alpha value is -3.46. The van der Waals surface area contributed by atoms with Gasteiger partial charge in [-0.3, -0.25) is 9.71 Å². The molecular weight excluding hydrogens is 388 g/mol. The maximum atomic E-state index is 13.0. The van der Waals surface area contributed by atoms with E-state index in [4.69, 9.17) is 5.73 Å². The summed E-state index contributed by atoms with van der Waals surface area (Å²) in [7, 11) is -3.81. The highest BCUT2D eigenvalue weighted by atomic mass is 32.2. The van der Waals surface area contributed by atoms with Crippen LogP contribution in [0.25, 0.3) is 16.8 Å². The van der Waals surface area contributed by atoms with Gasteiger partial charge in [-0.05, 0) is 35.7 Å².